The number of carbonyl (C=O) groups excluding carboxylic acids is 1. The van der Waals surface area contributed by atoms with Gasteiger partial charge in [-0.2, -0.15) is 0 Å². The molecular weight excluding hydrogens is 348 g/mol. The molecule has 0 aliphatic carbocycles. The Morgan fingerprint density at radius 3 is 2.74 bits per heavy atom. The van der Waals surface area contributed by atoms with Gasteiger partial charge in [-0.05, 0) is 13.0 Å². The summed E-state index contributed by atoms with van der Waals surface area (Å²) >= 11 is 0. The highest BCUT2D eigenvalue weighted by Crippen LogP contribution is 2.22. The molecule has 0 aliphatic heterocycles. The van der Waals surface area contributed by atoms with E-state index in [2.05, 4.69) is 4.98 Å². The third-order valence-electron chi connectivity index (χ3n) is 4.41. The van der Waals surface area contributed by atoms with Gasteiger partial charge in [-0.25, -0.2) is 9.78 Å². The molecule has 2 aromatic heterocycles. The highest BCUT2D eigenvalue weighted by Gasteiger charge is 2.17. The summed E-state index contributed by atoms with van der Waals surface area (Å²) in [5, 5.41) is 9.84. The lowest BCUT2D eigenvalue weighted by Crippen LogP contribution is -2.33. The van der Waals surface area contributed by atoms with E-state index >= 15 is 0 Å². The van der Waals surface area contributed by atoms with Crippen LogP contribution in [0.4, 0.5) is 0 Å². The van der Waals surface area contributed by atoms with E-state index in [0.29, 0.717) is 25.3 Å². The molecular formula is C19H22N4O4. The number of nitrogens with zero attached hydrogens (tertiary/aromatic N) is 3. The minimum absolute atomic E-state index is 0.204. The largest absolute Gasteiger partial charge is 0.480 e. The average Bonchev–Trinajstić information content (AvgIpc) is 3.24. The molecule has 3 aromatic rings. The quantitative estimate of drug-likeness (QED) is 0.583. The summed E-state index contributed by atoms with van der Waals surface area (Å²) in [6, 6.07) is 6.68. The molecule has 1 atom stereocenters. The Morgan fingerprint density at radius 1 is 1.26 bits per heavy atom. The second kappa shape index (κ2) is 8.05. The second-order valence-electron chi connectivity index (χ2n) is 6.20. The van der Waals surface area contributed by atoms with Gasteiger partial charge in [0.05, 0.1) is 18.5 Å². The van der Waals surface area contributed by atoms with Crippen LogP contribution in [0.3, 0.4) is 0 Å². The number of carboxylic acids is 1. The fourth-order valence-corrected chi connectivity index (χ4v) is 3.05. The molecule has 0 fully saturated rings. The monoisotopic (exact) mass is 370 g/mol. The molecule has 0 aliphatic rings. The zero-order valence-corrected chi connectivity index (χ0v) is 15.0. The fourth-order valence-electron chi connectivity index (χ4n) is 3.05. The number of imidazole rings is 1. The standard InChI is InChI=1S/C19H22N4O4/c1-2-27-19(26)15-11-22(17-6-4-3-5-14(15)17)7-8-23-12-21-10-13(23)9-16(20)18(24)25/h3-6,10-12,16H,2,7-9,20H2,1H3,(H,24,25). The van der Waals surface area contributed by atoms with Crippen LogP contribution in [0, 0.1) is 0 Å². The van der Waals surface area contributed by atoms with Crippen molar-refractivity contribution in [1.82, 2.24) is 14.1 Å². The topological polar surface area (TPSA) is 112 Å². The van der Waals surface area contributed by atoms with Gasteiger partial charge in [0.1, 0.15) is 6.04 Å². The number of benzene rings is 1. The first-order chi connectivity index (χ1) is 13.0. The maximum atomic E-state index is 12.2. The Balaban J connectivity index is 1.81. The SMILES string of the molecule is CCOC(=O)c1cn(CCn2cncc2CC(N)C(=O)O)c2ccccc12. The van der Waals surface area contributed by atoms with Crippen LogP contribution in [0.15, 0.2) is 43.0 Å². The van der Waals surface area contributed by atoms with Gasteiger partial charge < -0.3 is 24.7 Å². The van der Waals surface area contributed by atoms with Crippen molar-refractivity contribution < 1.29 is 19.4 Å². The second-order valence-corrected chi connectivity index (χ2v) is 6.20. The zero-order valence-electron chi connectivity index (χ0n) is 15.0. The first-order valence-electron chi connectivity index (χ1n) is 8.73. The van der Waals surface area contributed by atoms with Crippen LogP contribution in [-0.4, -0.2) is 43.8 Å². The van der Waals surface area contributed by atoms with Crippen molar-refractivity contribution in [2.45, 2.75) is 32.5 Å². The summed E-state index contributed by atoms with van der Waals surface area (Å²) in [6.45, 7) is 3.26. The van der Waals surface area contributed by atoms with Gasteiger partial charge in [-0.1, -0.05) is 18.2 Å². The molecule has 8 nitrogen and oxygen atoms in total. The summed E-state index contributed by atoms with van der Waals surface area (Å²) in [5.74, 6) is -1.39. The van der Waals surface area contributed by atoms with Crippen molar-refractivity contribution in [1.29, 1.82) is 0 Å². The Bertz CT molecular complexity index is 960. The van der Waals surface area contributed by atoms with Gasteiger partial charge in [0.2, 0.25) is 0 Å². The van der Waals surface area contributed by atoms with Crippen LogP contribution >= 0.6 is 0 Å². The summed E-state index contributed by atoms with van der Waals surface area (Å²) < 4.78 is 9.01. The molecule has 3 rings (SSSR count). The van der Waals surface area contributed by atoms with E-state index in [9.17, 15) is 9.59 Å². The van der Waals surface area contributed by atoms with Gasteiger partial charge in [0.15, 0.2) is 0 Å². The minimum atomic E-state index is -1.04. The third kappa shape index (κ3) is 4.01. The van der Waals surface area contributed by atoms with Crippen molar-refractivity contribution in [2.75, 3.05) is 6.61 Å². The number of aromatic nitrogens is 3. The number of para-hydroxylation sites is 1. The molecule has 0 saturated heterocycles. The molecule has 0 bridgehead atoms. The van der Waals surface area contributed by atoms with Gasteiger partial charge in [-0.3, -0.25) is 4.79 Å². The van der Waals surface area contributed by atoms with E-state index in [1.165, 1.54) is 0 Å². The lowest BCUT2D eigenvalue weighted by molar-refractivity contribution is -0.138. The summed E-state index contributed by atoms with van der Waals surface area (Å²) in [7, 11) is 0. The Kier molecular flexibility index (Phi) is 5.56. The Morgan fingerprint density at radius 2 is 2.00 bits per heavy atom. The van der Waals surface area contributed by atoms with E-state index in [1.54, 1.807) is 25.6 Å². The third-order valence-corrected chi connectivity index (χ3v) is 4.41. The minimum Gasteiger partial charge on any atom is -0.480 e. The lowest BCUT2D eigenvalue weighted by atomic mass is 10.2. The normalized spacial score (nSPS) is 12.2. The number of nitrogens with two attached hydrogens (primary N) is 1. The number of ether oxygens (including phenoxy) is 1. The van der Waals surface area contributed by atoms with E-state index < -0.39 is 12.0 Å². The molecule has 0 radical (unpaired) electrons. The fraction of sp³-hybridized carbons (Fsp3) is 0.316. The molecule has 3 N–H and O–H groups in total. The number of hydrogen-bond donors (Lipinski definition) is 2. The molecule has 142 valence electrons. The smallest absolute Gasteiger partial charge is 0.340 e. The summed E-state index contributed by atoms with van der Waals surface area (Å²) in [5.41, 5.74) is 7.85. The van der Waals surface area contributed by atoms with Crippen molar-refractivity contribution in [3.8, 4) is 0 Å². The van der Waals surface area contributed by atoms with Crippen LogP contribution in [-0.2, 0) is 29.0 Å². The predicted molar refractivity (Wildman–Crippen MR) is 99.4 cm³/mol. The van der Waals surface area contributed by atoms with Crippen molar-refractivity contribution in [2.24, 2.45) is 5.73 Å². The van der Waals surface area contributed by atoms with Crippen molar-refractivity contribution >= 4 is 22.8 Å². The number of carbonyl (C=O) groups is 2. The van der Waals surface area contributed by atoms with E-state index in [4.69, 9.17) is 15.6 Å². The zero-order chi connectivity index (χ0) is 19.4. The number of fused-ring (bicyclic) bond motifs is 1. The maximum absolute atomic E-state index is 12.2. The number of rotatable bonds is 8. The molecule has 1 aromatic carbocycles. The average molecular weight is 370 g/mol. The van der Waals surface area contributed by atoms with E-state index in [-0.39, 0.29) is 12.4 Å². The summed E-state index contributed by atoms with van der Waals surface area (Å²) in [6.07, 6.45) is 5.28. The molecule has 0 amide bonds. The first kappa shape index (κ1) is 18.7. The number of hydrogen-bond acceptors (Lipinski definition) is 5. The predicted octanol–water partition coefficient (Wildman–Crippen LogP) is 1.67. The van der Waals surface area contributed by atoms with Crippen LogP contribution in [0.2, 0.25) is 0 Å². The van der Waals surface area contributed by atoms with Gasteiger partial charge in [0, 0.05) is 48.5 Å². The van der Waals surface area contributed by atoms with Gasteiger partial charge in [0.25, 0.3) is 0 Å². The lowest BCUT2D eigenvalue weighted by Gasteiger charge is -2.11. The van der Waals surface area contributed by atoms with Crippen LogP contribution in [0.25, 0.3) is 10.9 Å². The van der Waals surface area contributed by atoms with Gasteiger partial charge >= 0.3 is 11.9 Å². The number of esters is 1. The number of carboxylic acid groups (broad SMARTS) is 1. The highest BCUT2D eigenvalue weighted by atomic mass is 16.5. The number of aryl methyl sites for hydroxylation is 2. The molecule has 0 saturated carbocycles. The molecule has 8 heteroatoms. The van der Waals surface area contributed by atoms with Crippen molar-refractivity contribution in [3.63, 3.8) is 0 Å². The molecule has 2 heterocycles. The molecule has 0 spiro atoms. The molecule has 1 unspecified atom stereocenters. The molecule has 27 heavy (non-hydrogen) atoms. The first-order valence-corrected chi connectivity index (χ1v) is 8.73. The van der Waals surface area contributed by atoms with Crippen LogP contribution in [0.1, 0.15) is 23.0 Å². The maximum Gasteiger partial charge on any atom is 0.340 e. The Labute approximate surface area is 156 Å². The summed E-state index contributed by atoms with van der Waals surface area (Å²) in [4.78, 5) is 27.3. The van der Waals surface area contributed by atoms with E-state index in [1.807, 2.05) is 33.4 Å². The Hall–Kier alpha value is -3.13. The number of aliphatic carboxylic acids is 1. The van der Waals surface area contributed by atoms with E-state index in [0.717, 1.165) is 16.6 Å². The van der Waals surface area contributed by atoms with Crippen molar-refractivity contribution in [3.05, 3.63) is 54.2 Å². The highest BCUT2D eigenvalue weighted by molar-refractivity contribution is 6.04. The van der Waals surface area contributed by atoms with Gasteiger partial charge in [-0.15, -0.1) is 0 Å². The van der Waals surface area contributed by atoms with Crippen LogP contribution in [0.5, 0.6) is 0 Å². The van der Waals surface area contributed by atoms with Crippen LogP contribution < -0.4 is 5.73 Å².